The smallest absolute Gasteiger partial charge is 0.221 e. The maximum Gasteiger partial charge on any atom is 0.221 e. The lowest BCUT2D eigenvalue weighted by molar-refractivity contribution is -0.114. The van der Waals surface area contributed by atoms with Gasteiger partial charge >= 0.3 is 0 Å². The monoisotopic (exact) mass is 413 g/mol. The second-order valence-electron chi connectivity index (χ2n) is 7.01. The number of phenols is 1. The van der Waals surface area contributed by atoms with Gasteiger partial charge in [-0.25, -0.2) is 0 Å². The van der Waals surface area contributed by atoms with Gasteiger partial charge in [-0.05, 0) is 42.5 Å². The molecule has 4 N–H and O–H groups in total. The normalized spacial score (nSPS) is 11.1. The van der Waals surface area contributed by atoms with Crippen LogP contribution in [0.3, 0.4) is 0 Å². The van der Waals surface area contributed by atoms with Crippen molar-refractivity contribution in [2.75, 3.05) is 5.32 Å². The number of rotatable bonds is 5. The molecule has 0 atom stereocenters. The highest BCUT2D eigenvalue weighted by molar-refractivity contribution is 6.12. The first-order valence-electron chi connectivity index (χ1n) is 9.51. The number of H-pyrrole nitrogens is 1. The molecule has 1 amide bonds. The van der Waals surface area contributed by atoms with Gasteiger partial charge in [0.2, 0.25) is 5.91 Å². The summed E-state index contributed by atoms with van der Waals surface area (Å²) >= 11 is 0. The van der Waals surface area contributed by atoms with Crippen molar-refractivity contribution in [1.29, 1.82) is 0 Å². The zero-order chi connectivity index (χ0) is 22.0. The summed E-state index contributed by atoms with van der Waals surface area (Å²) in [4.78, 5) is 31.1. The molecule has 1 aromatic heterocycles. The number of aliphatic imine (C=N–C) groups is 1. The van der Waals surface area contributed by atoms with Crippen LogP contribution < -0.4 is 5.32 Å². The molecular formula is C24H19N3O4. The van der Waals surface area contributed by atoms with Crippen LogP contribution in [0.5, 0.6) is 11.6 Å². The SMILES string of the molecule is CC(=O)Nc1ccc(C(=O)c2ccc3c(C=Nc4cccc(O)c4)c(O)[nH]c3c2)cc1. The Bertz CT molecular complexity index is 1320. The number of aromatic amines is 1. The quantitative estimate of drug-likeness (QED) is 0.284. The Kier molecular flexibility index (Phi) is 5.24. The van der Waals surface area contributed by atoms with Gasteiger partial charge in [0.15, 0.2) is 11.7 Å². The predicted molar refractivity (Wildman–Crippen MR) is 120 cm³/mol. The molecule has 0 aliphatic carbocycles. The topological polar surface area (TPSA) is 115 Å². The Labute approximate surface area is 177 Å². The van der Waals surface area contributed by atoms with Gasteiger partial charge in [0.05, 0.1) is 11.3 Å². The van der Waals surface area contributed by atoms with Crippen LogP contribution in [-0.2, 0) is 4.79 Å². The number of ketones is 1. The Balaban J connectivity index is 1.61. The van der Waals surface area contributed by atoms with Crippen LogP contribution in [0.25, 0.3) is 10.9 Å². The minimum absolute atomic E-state index is 0.0665. The minimum atomic E-state index is -0.181. The van der Waals surface area contributed by atoms with Crippen molar-refractivity contribution in [2.24, 2.45) is 4.99 Å². The molecule has 0 spiro atoms. The average Bonchev–Trinajstić information content (AvgIpc) is 3.06. The lowest BCUT2D eigenvalue weighted by Gasteiger charge is -2.05. The van der Waals surface area contributed by atoms with Crippen molar-refractivity contribution in [3.05, 3.63) is 83.4 Å². The lowest BCUT2D eigenvalue weighted by atomic mass is 10.0. The highest BCUT2D eigenvalue weighted by Gasteiger charge is 2.14. The fraction of sp³-hybridized carbons (Fsp3) is 0.0417. The van der Waals surface area contributed by atoms with Gasteiger partial charge in [-0.2, -0.15) is 0 Å². The van der Waals surface area contributed by atoms with Crippen LogP contribution in [0, 0.1) is 0 Å². The molecule has 1 heterocycles. The molecular weight excluding hydrogens is 394 g/mol. The number of benzene rings is 3. The van der Waals surface area contributed by atoms with Crippen LogP contribution in [0.2, 0.25) is 0 Å². The number of carbonyl (C=O) groups is 2. The number of amides is 1. The van der Waals surface area contributed by atoms with Crippen LogP contribution >= 0.6 is 0 Å². The highest BCUT2D eigenvalue weighted by Crippen LogP contribution is 2.28. The van der Waals surface area contributed by atoms with Gasteiger partial charge in [-0.3, -0.25) is 14.6 Å². The first-order valence-corrected chi connectivity index (χ1v) is 9.51. The molecule has 154 valence electrons. The fourth-order valence-electron chi connectivity index (χ4n) is 3.26. The van der Waals surface area contributed by atoms with Gasteiger partial charge in [0.1, 0.15) is 5.75 Å². The number of hydrogen-bond donors (Lipinski definition) is 4. The number of aromatic hydroxyl groups is 2. The summed E-state index contributed by atoms with van der Waals surface area (Å²) in [6.45, 7) is 1.42. The molecule has 0 aliphatic rings. The summed E-state index contributed by atoms with van der Waals surface area (Å²) in [5.74, 6) is -0.325. The van der Waals surface area contributed by atoms with Crippen molar-refractivity contribution in [3.63, 3.8) is 0 Å². The minimum Gasteiger partial charge on any atom is -0.508 e. The second-order valence-corrected chi connectivity index (χ2v) is 7.01. The molecule has 3 aromatic carbocycles. The van der Waals surface area contributed by atoms with Gasteiger partial charge < -0.3 is 20.5 Å². The summed E-state index contributed by atoms with van der Waals surface area (Å²) in [7, 11) is 0. The van der Waals surface area contributed by atoms with Crippen LogP contribution in [0.1, 0.15) is 28.4 Å². The zero-order valence-corrected chi connectivity index (χ0v) is 16.6. The number of nitrogens with one attached hydrogen (secondary N) is 2. The number of nitrogens with zero attached hydrogens (tertiary/aromatic N) is 1. The number of anilines is 1. The van der Waals surface area contributed by atoms with E-state index in [9.17, 15) is 19.8 Å². The van der Waals surface area contributed by atoms with E-state index in [1.54, 1.807) is 60.7 Å². The Morgan fingerprint density at radius 3 is 2.42 bits per heavy atom. The van der Waals surface area contributed by atoms with Crippen LogP contribution in [-0.4, -0.2) is 33.1 Å². The Hall–Kier alpha value is -4.39. The molecule has 0 aliphatic heterocycles. The first-order chi connectivity index (χ1) is 14.9. The number of phenolic OH excluding ortho intramolecular Hbond substituents is 1. The number of carbonyl (C=O) groups excluding carboxylic acids is 2. The maximum absolute atomic E-state index is 12.8. The third-order valence-electron chi connectivity index (χ3n) is 4.72. The van der Waals surface area contributed by atoms with Gasteiger partial charge in [-0.1, -0.05) is 18.2 Å². The third-order valence-corrected chi connectivity index (χ3v) is 4.72. The van der Waals surface area contributed by atoms with Gasteiger partial charge in [-0.15, -0.1) is 0 Å². The van der Waals surface area contributed by atoms with Crippen molar-refractivity contribution in [2.45, 2.75) is 6.92 Å². The summed E-state index contributed by atoms with van der Waals surface area (Å²) in [5.41, 5.74) is 3.17. The highest BCUT2D eigenvalue weighted by atomic mass is 16.3. The van der Waals surface area contributed by atoms with E-state index in [2.05, 4.69) is 15.3 Å². The summed E-state index contributed by atoms with van der Waals surface area (Å²) in [6.07, 6.45) is 1.51. The molecule has 0 saturated carbocycles. The van der Waals surface area contributed by atoms with E-state index in [4.69, 9.17) is 0 Å². The molecule has 0 fully saturated rings. The molecule has 7 nitrogen and oxygen atoms in total. The molecule has 0 unspecified atom stereocenters. The van der Waals surface area contributed by atoms with E-state index < -0.39 is 0 Å². The molecule has 4 aromatic rings. The lowest BCUT2D eigenvalue weighted by Crippen LogP contribution is -2.06. The fourth-order valence-corrected chi connectivity index (χ4v) is 3.26. The third kappa shape index (κ3) is 4.30. The Morgan fingerprint density at radius 1 is 0.968 bits per heavy atom. The van der Waals surface area contributed by atoms with Crippen molar-refractivity contribution in [3.8, 4) is 11.6 Å². The van der Waals surface area contributed by atoms with E-state index in [1.165, 1.54) is 19.2 Å². The molecule has 0 radical (unpaired) electrons. The van der Waals surface area contributed by atoms with Crippen LogP contribution in [0.4, 0.5) is 11.4 Å². The standard InChI is InChI=1S/C24H19N3O4/c1-14(28)26-17-8-5-15(6-9-17)23(30)16-7-10-20-21(24(31)27-22(20)11-16)13-25-18-3-2-4-19(29)12-18/h2-13,27,29,31H,1H3,(H,26,28). The van der Waals surface area contributed by atoms with Crippen LogP contribution in [0.15, 0.2) is 71.7 Å². The van der Waals surface area contributed by atoms with E-state index in [1.807, 2.05) is 0 Å². The molecule has 31 heavy (non-hydrogen) atoms. The Morgan fingerprint density at radius 2 is 1.71 bits per heavy atom. The number of fused-ring (bicyclic) bond motifs is 1. The van der Waals surface area contributed by atoms with Crippen molar-refractivity contribution in [1.82, 2.24) is 4.98 Å². The van der Waals surface area contributed by atoms with Crippen molar-refractivity contribution >= 4 is 40.2 Å². The largest absolute Gasteiger partial charge is 0.508 e. The summed E-state index contributed by atoms with van der Waals surface area (Å²) in [5, 5.41) is 23.2. The van der Waals surface area contributed by atoms with Gasteiger partial charge in [0, 0.05) is 46.9 Å². The van der Waals surface area contributed by atoms with Crippen molar-refractivity contribution < 1.29 is 19.8 Å². The molecule has 7 heteroatoms. The van der Waals surface area contributed by atoms with E-state index in [0.717, 1.165) is 0 Å². The molecule has 0 bridgehead atoms. The van der Waals surface area contributed by atoms with Gasteiger partial charge in [0.25, 0.3) is 0 Å². The van der Waals surface area contributed by atoms with E-state index in [0.29, 0.717) is 39.0 Å². The van der Waals surface area contributed by atoms with E-state index in [-0.39, 0.29) is 23.3 Å². The maximum atomic E-state index is 12.8. The predicted octanol–water partition coefficient (Wildman–Crippen LogP) is 4.52. The zero-order valence-electron chi connectivity index (χ0n) is 16.6. The summed E-state index contributed by atoms with van der Waals surface area (Å²) < 4.78 is 0. The first kappa shape index (κ1) is 19.9. The number of aromatic nitrogens is 1. The molecule has 0 saturated heterocycles. The molecule has 4 rings (SSSR count). The second kappa shape index (κ2) is 8.16. The van der Waals surface area contributed by atoms with E-state index >= 15 is 0 Å². The summed E-state index contributed by atoms with van der Waals surface area (Å²) in [6, 6.07) is 18.2. The average molecular weight is 413 g/mol. The number of hydrogen-bond acceptors (Lipinski definition) is 5.